The van der Waals surface area contributed by atoms with Gasteiger partial charge in [0.2, 0.25) is 10.0 Å². The number of sulfonamides is 1. The quantitative estimate of drug-likeness (QED) is 0.627. The van der Waals surface area contributed by atoms with Gasteiger partial charge in [0.15, 0.2) is 0 Å². The largest absolute Gasteiger partial charge is 0.480 e. The van der Waals surface area contributed by atoms with Crippen molar-refractivity contribution in [2.75, 3.05) is 6.54 Å². The Morgan fingerprint density at radius 3 is 2.67 bits per heavy atom. The molecular formula is C11H11BrN2O6S. The number of carbonyl (C=O) groups is 1. The molecule has 1 aromatic rings. The van der Waals surface area contributed by atoms with Crippen LogP contribution in [-0.2, 0) is 14.8 Å². The van der Waals surface area contributed by atoms with Crippen molar-refractivity contribution in [3.8, 4) is 0 Å². The molecule has 1 aromatic carbocycles. The van der Waals surface area contributed by atoms with Gasteiger partial charge in [-0.3, -0.25) is 14.9 Å². The Kier molecular flexibility index (Phi) is 4.30. The predicted octanol–water partition coefficient (Wildman–Crippen LogP) is 1.59. The number of carboxylic acid groups (broad SMARTS) is 1. The highest BCUT2D eigenvalue weighted by Crippen LogP contribution is 2.30. The molecule has 10 heteroatoms. The van der Waals surface area contributed by atoms with Crippen LogP contribution in [0, 0.1) is 10.1 Å². The Morgan fingerprint density at radius 2 is 2.10 bits per heavy atom. The Labute approximate surface area is 128 Å². The molecule has 1 fully saturated rings. The van der Waals surface area contributed by atoms with Gasteiger partial charge in [-0.05, 0) is 18.9 Å². The number of nitro benzene ring substituents is 1. The van der Waals surface area contributed by atoms with Crippen molar-refractivity contribution in [1.82, 2.24) is 4.31 Å². The van der Waals surface area contributed by atoms with Crippen molar-refractivity contribution in [3.63, 3.8) is 0 Å². The Balaban J connectivity index is 2.49. The lowest BCUT2D eigenvalue weighted by Gasteiger charge is -2.20. The number of nitrogens with zero attached hydrogens (tertiary/aromatic N) is 2. The van der Waals surface area contributed by atoms with Crippen LogP contribution >= 0.6 is 15.9 Å². The third kappa shape index (κ3) is 3.06. The lowest BCUT2D eigenvalue weighted by atomic mass is 10.2. The molecule has 1 N–H and O–H groups in total. The average Bonchev–Trinajstić information content (AvgIpc) is 2.87. The second-order valence-electron chi connectivity index (χ2n) is 4.51. The van der Waals surface area contributed by atoms with Crippen LogP contribution in [0.5, 0.6) is 0 Å². The third-order valence-corrected chi connectivity index (χ3v) is 5.51. The van der Waals surface area contributed by atoms with Crippen LogP contribution in [0.25, 0.3) is 0 Å². The van der Waals surface area contributed by atoms with Crippen molar-refractivity contribution < 1.29 is 23.2 Å². The molecule has 114 valence electrons. The number of halogens is 1. The highest BCUT2D eigenvalue weighted by molar-refractivity contribution is 9.10. The van der Waals surface area contributed by atoms with Crippen LogP contribution in [0.3, 0.4) is 0 Å². The fraction of sp³-hybridized carbons (Fsp3) is 0.364. The summed E-state index contributed by atoms with van der Waals surface area (Å²) in [5.41, 5.74) is -0.381. The second-order valence-corrected chi connectivity index (χ2v) is 7.32. The molecule has 0 aliphatic carbocycles. The van der Waals surface area contributed by atoms with Crippen molar-refractivity contribution in [1.29, 1.82) is 0 Å². The highest BCUT2D eigenvalue weighted by atomic mass is 79.9. The van der Waals surface area contributed by atoms with Gasteiger partial charge >= 0.3 is 5.97 Å². The van der Waals surface area contributed by atoms with Gasteiger partial charge in [-0.15, -0.1) is 0 Å². The van der Waals surface area contributed by atoms with E-state index in [1.54, 1.807) is 0 Å². The fourth-order valence-electron chi connectivity index (χ4n) is 2.21. The summed E-state index contributed by atoms with van der Waals surface area (Å²) in [7, 11) is -4.09. The van der Waals surface area contributed by atoms with E-state index >= 15 is 0 Å². The Morgan fingerprint density at radius 1 is 1.43 bits per heavy atom. The molecule has 1 unspecified atom stereocenters. The summed E-state index contributed by atoms with van der Waals surface area (Å²) in [6.45, 7) is 0.0829. The Bertz CT molecular complexity index is 705. The molecule has 0 radical (unpaired) electrons. The molecule has 2 rings (SSSR count). The first-order valence-corrected chi connectivity index (χ1v) is 8.16. The molecule has 1 aliphatic heterocycles. The van der Waals surface area contributed by atoms with Crippen LogP contribution in [0.1, 0.15) is 12.8 Å². The van der Waals surface area contributed by atoms with E-state index in [-0.39, 0.29) is 28.0 Å². The van der Waals surface area contributed by atoms with Crippen molar-refractivity contribution >= 4 is 37.6 Å². The van der Waals surface area contributed by atoms with Crippen molar-refractivity contribution in [2.24, 2.45) is 0 Å². The number of hydrogen-bond acceptors (Lipinski definition) is 5. The fourth-order valence-corrected chi connectivity index (χ4v) is 4.56. The minimum absolute atomic E-state index is 0.0829. The predicted molar refractivity (Wildman–Crippen MR) is 75.3 cm³/mol. The Hall–Kier alpha value is -1.52. The zero-order chi connectivity index (χ0) is 15.8. The molecule has 0 aromatic heterocycles. The molecule has 0 saturated carbocycles. The van der Waals surface area contributed by atoms with Gasteiger partial charge in [0.05, 0.1) is 9.82 Å². The highest BCUT2D eigenvalue weighted by Gasteiger charge is 2.40. The first kappa shape index (κ1) is 15.9. The lowest BCUT2D eigenvalue weighted by molar-refractivity contribution is -0.385. The first-order valence-electron chi connectivity index (χ1n) is 5.93. The number of hydrogen-bond donors (Lipinski definition) is 1. The van der Waals surface area contributed by atoms with Gasteiger partial charge in [-0.25, -0.2) is 8.42 Å². The maximum Gasteiger partial charge on any atom is 0.322 e. The SMILES string of the molecule is O=C(O)C1CCCN1S(=O)(=O)c1cc(Br)cc([N+](=O)[O-])c1. The van der Waals surface area contributed by atoms with Gasteiger partial charge < -0.3 is 5.11 Å². The maximum absolute atomic E-state index is 12.5. The van der Waals surface area contributed by atoms with Gasteiger partial charge in [-0.2, -0.15) is 4.31 Å². The van der Waals surface area contributed by atoms with E-state index in [4.69, 9.17) is 5.11 Å². The summed E-state index contributed by atoms with van der Waals surface area (Å²) in [5.74, 6) is -1.22. The van der Waals surface area contributed by atoms with Crippen LogP contribution in [0.4, 0.5) is 5.69 Å². The number of rotatable bonds is 4. The van der Waals surface area contributed by atoms with Gasteiger partial charge in [0.1, 0.15) is 6.04 Å². The van der Waals surface area contributed by atoms with Gasteiger partial charge in [-0.1, -0.05) is 15.9 Å². The van der Waals surface area contributed by atoms with Crippen molar-refractivity contribution in [3.05, 3.63) is 32.8 Å². The molecule has 1 aliphatic rings. The van der Waals surface area contributed by atoms with Crippen LogP contribution in [0.2, 0.25) is 0 Å². The van der Waals surface area contributed by atoms with E-state index in [9.17, 15) is 23.3 Å². The molecular weight excluding hydrogens is 368 g/mol. The maximum atomic E-state index is 12.5. The molecule has 8 nitrogen and oxygen atoms in total. The second kappa shape index (κ2) is 5.70. The van der Waals surface area contributed by atoms with E-state index in [1.165, 1.54) is 12.1 Å². The number of aliphatic carboxylic acids is 1. The zero-order valence-corrected chi connectivity index (χ0v) is 13.0. The summed E-state index contributed by atoms with van der Waals surface area (Å²) in [6.07, 6.45) is 0.664. The third-order valence-electron chi connectivity index (χ3n) is 3.16. The number of non-ortho nitro benzene ring substituents is 1. The number of carboxylic acids is 1. The number of benzene rings is 1. The topological polar surface area (TPSA) is 118 Å². The van der Waals surface area contributed by atoms with E-state index < -0.39 is 27.0 Å². The van der Waals surface area contributed by atoms with E-state index in [1.807, 2.05) is 0 Å². The molecule has 21 heavy (non-hydrogen) atoms. The van der Waals surface area contributed by atoms with E-state index in [0.717, 1.165) is 10.4 Å². The van der Waals surface area contributed by atoms with E-state index in [0.29, 0.717) is 6.42 Å². The van der Waals surface area contributed by atoms with E-state index in [2.05, 4.69) is 15.9 Å². The smallest absolute Gasteiger partial charge is 0.322 e. The monoisotopic (exact) mass is 378 g/mol. The van der Waals surface area contributed by atoms with Gasteiger partial charge in [0, 0.05) is 23.2 Å². The minimum atomic E-state index is -4.09. The molecule has 0 amide bonds. The summed E-state index contributed by atoms with van der Waals surface area (Å²) in [5, 5.41) is 19.9. The molecule has 1 atom stereocenters. The molecule has 0 spiro atoms. The normalized spacial score (nSPS) is 19.6. The molecule has 1 heterocycles. The van der Waals surface area contributed by atoms with Crippen LogP contribution in [-0.4, -0.2) is 41.3 Å². The van der Waals surface area contributed by atoms with Gasteiger partial charge in [0.25, 0.3) is 5.69 Å². The van der Waals surface area contributed by atoms with Crippen molar-refractivity contribution in [2.45, 2.75) is 23.8 Å². The standard InChI is InChI=1S/C11H11BrN2O6S/c12-7-4-8(14(17)18)6-9(5-7)21(19,20)13-3-1-2-10(13)11(15)16/h4-6,10H,1-3H2,(H,15,16). The average molecular weight is 379 g/mol. The molecule has 0 bridgehead atoms. The number of nitro groups is 1. The van der Waals surface area contributed by atoms with Crippen LogP contribution < -0.4 is 0 Å². The minimum Gasteiger partial charge on any atom is -0.480 e. The molecule has 1 saturated heterocycles. The zero-order valence-electron chi connectivity index (χ0n) is 10.6. The summed E-state index contributed by atoms with van der Waals surface area (Å²) in [6, 6.07) is 2.20. The summed E-state index contributed by atoms with van der Waals surface area (Å²) >= 11 is 3.02. The lowest BCUT2D eigenvalue weighted by Crippen LogP contribution is -2.40. The van der Waals surface area contributed by atoms with Crippen LogP contribution in [0.15, 0.2) is 27.6 Å². The summed E-state index contributed by atoms with van der Waals surface area (Å²) in [4.78, 5) is 20.9. The first-order chi connectivity index (χ1) is 9.73. The summed E-state index contributed by atoms with van der Waals surface area (Å²) < 4.78 is 26.1.